The summed E-state index contributed by atoms with van der Waals surface area (Å²) in [6, 6.07) is 5.43. The molecule has 5 rings (SSSR count). The standard InChI is InChI=1S/C23H23ClF3N9O2/c1-14(10-35-13-30-33-34-35)38-20-7-15(5-6-18(20)24)16-8-28-22(29-9-16)31-19-11-36(17-3-2-4-17)32-21(19)37-12-23(25,26)27/h5-9,11,13-14,17H,2-4,10,12H2,1H3,(H,28,29,31)/t14-/m0/s1. The Hall–Kier alpha value is -3.94. The average molecular weight is 550 g/mol. The van der Waals surface area contributed by atoms with Gasteiger partial charge in [-0.2, -0.15) is 13.2 Å². The van der Waals surface area contributed by atoms with Crippen LogP contribution in [0.5, 0.6) is 11.6 Å². The van der Waals surface area contributed by atoms with Crippen LogP contribution >= 0.6 is 11.6 Å². The fourth-order valence-corrected chi connectivity index (χ4v) is 3.93. The molecule has 0 spiro atoms. The maximum Gasteiger partial charge on any atom is 0.422 e. The molecule has 11 nitrogen and oxygen atoms in total. The lowest BCUT2D eigenvalue weighted by molar-refractivity contribution is -0.154. The molecule has 200 valence electrons. The SMILES string of the molecule is C[C@@H](Cn1cnnn1)Oc1cc(-c2cnc(Nc3cn(C4CCC4)nc3OCC(F)(F)F)nc2)ccc1Cl. The molecule has 0 saturated heterocycles. The van der Waals surface area contributed by atoms with Crippen molar-refractivity contribution in [2.45, 2.75) is 51.1 Å². The van der Waals surface area contributed by atoms with E-state index in [0.29, 0.717) is 22.9 Å². The van der Waals surface area contributed by atoms with Gasteiger partial charge in [-0.1, -0.05) is 17.7 Å². The maximum absolute atomic E-state index is 12.7. The first-order chi connectivity index (χ1) is 18.2. The van der Waals surface area contributed by atoms with Crippen LogP contribution in [0, 0.1) is 0 Å². The van der Waals surface area contributed by atoms with Crippen molar-refractivity contribution in [3.63, 3.8) is 0 Å². The van der Waals surface area contributed by atoms with Crippen molar-refractivity contribution in [3.8, 4) is 22.8 Å². The highest BCUT2D eigenvalue weighted by Crippen LogP contribution is 2.36. The maximum atomic E-state index is 12.7. The highest BCUT2D eigenvalue weighted by molar-refractivity contribution is 6.32. The molecule has 0 unspecified atom stereocenters. The number of nitrogens with one attached hydrogen (secondary N) is 1. The normalized spacial score (nSPS) is 14.7. The third kappa shape index (κ3) is 6.30. The second kappa shape index (κ2) is 10.8. The Morgan fingerprint density at radius 2 is 1.97 bits per heavy atom. The fraction of sp³-hybridized carbons (Fsp3) is 0.391. The van der Waals surface area contributed by atoms with Crippen molar-refractivity contribution in [2.75, 3.05) is 11.9 Å². The van der Waals surface area contributed by atoms with Gasteiger partial charge in [0.05, 0.1) is 23.8 Å². The minimum absolute atomic E-state index is 0.138. The third-order valence-corrected chi connectivity index (χ3v) is 6.16. The quantitative estimate of drug-likeness (QED) is 0.296. The van der Waals surface area contributed by atoms with E-state index in [1.165, 1.54) is 6.33 Å². The van der Waals surface area contributed by atoms with Crippen LogP contribution in [0.3, 0.4) is 0 Å². The Morgan fingerprint density at radius 3 is 2.63 bits per heavy atom. The van der Waals surface area contributed by atoms with Crippen LogP contribution in [0.4, 0.5) is 24.8 Å². The zero-order valence-electron chi connectivity index (χ0n) is 20.1. The molecule has 1 fully saturated rings. The van der Waals surface area contributed by atoms with Gasteiger partial charge in [0.1, 0.15) is 23.9 Å². The molecule has 0 amide bonds. The van der Waals surface area contributed by atoms with E-state index in [0.717, 1.165) is 24.8 Å². The second-order valence-electron chi connectivity index (χ2n) is 8.84. The number of hydrogen-bond donors (Lipinski definition) is 1. The van der Waals surface area contributed by atoms with Crippen molar-refractivity contribution in [1.29, 1.82) is 0 Å². The van der Waals surface area contributed by atoms with Gasteiger partial charge in [-0.05, 0) is 54.3 Å². The number of benzene rings is 1. The van der Waals surface area contributed by atoms with Gasteiger partial charge >= 0.3 is 6.18 Å². The Balaban J connectivity index is 1.29. The summed E-state index contributed by atoms with van der Waals surface area (Å²) in [6.45, 7) is 0.857. The van der Waals surface area contributed by atoms with E-state index < -0.39 is 12.8 Å². The zero-order chi connectivity index (χ0) is 26.7. The monoisotopic (exact) mass is 549 g/mol. The number of anilines is 2. The molecule has 3 heterocycles. The van der Waals surface area contributed by atoms with Crippen LogP contribution in [0.25, 0.3) is 11.1 Å². The third-order valence-electron chi connectivity index (χ3n) is 5.85. The topological polar surface area (TPSA) is 118 Å². The average Bonchev–Trinajstić information content (AvgIpc) is 3.48. The molecule has 0 aliphatic heterocycles. The van der Waals surface area contributed by atoms with Gasteiger partial charge in [-0.3, -0.25) is 4.68 Å². The Labute approximate surface area is 219 Å². The number of ether oxygens (including phenoxy) is 2. The predicted molar refractivity (Wildman–Crippen MR) is 130 cm³/mol. The lowest BCUT2D eigenvalue weighted by atomic mass is 9.93. The predicted octanol–water partition coefficient (Wildman–Crippen LogP) is 4.86. The van der Waals surface area contributed by atoms with Crippen LogP contribution < -0.4 is 14.8 Å². The van der Waals surface area contributed by atoms with Gasteiger partial charge < -0.3 is 14.8 Å². The molecule has 15 heteroatoms. The molecule has 1 atom stereocenters. The van der Waals surface area contributed by atoms with E-state index in [-0.39, 0.29) is 29.7 Å². The highest BCUT2D eigenvalue weighted by atomic mass is 35.5. The number of alkyl halides is 3. The number of hydrogen-bond acceptors (Lipinski definition) is 9. The summed E-state index contributed by atoms with van der Waals surface area (Å²) < 4.78 is 52.3. The van der Waals surface area contributed by atoms with Crippen molar-refractivity contribution in [2.24, 2.45) is 0 Å². The molecular weight excluding hydrogens is 527 g/mol. The highest BCUT2D eigenvalue weighted by Gasteiger charge is 2.30. The summed E-state index contributed by atoms with van der Waals surface area (Å²) in [5.74, 6) is 0.498. The van der Waals surface area contributed by atoms with E-state index >= 15 is 0 Å². The van der Waals surface area contributed by atoms with Crippen LogP contribution in [0.15, 0.2) is 43.1 Å². The number of rotatable bonds is 10. The molecule has 1 saturated carbocycles. The first kappa shape index (κ1) is 25.7. The summed E-state index contributed by atoms with van der Waals surface area (Å²) in [5, 5.41) is 18.6. The molecule has 38 heavy (non-hydrogen) atoms. The number of nitrogens with zero attached hydrogens (tertiary/aromatic N) is 8. The van der Waals surface area contributed by atoms with E-state index in [4.69, 9.17) is 21.1 Å². The lowest BCUT2D eigenvalue weighted by Crippen LogP contribution is -2.20. The molecule has 0 bridgehead atoms. The molecule has 1 aliphatic rings. The van der Waals surface area contributed by atoms with Crippen LogP contribution in [-0.4, -0.2) is 58.8 Å². The summed E-state index contributed by atoms with van der Waals surface area (Å²) in [6.07, 6.45) is 4.40. The minimum Gasteiger partial charge on any atom is -0.487 e. The molecule has 1 aromatic carbocycles. The van der Waals surface area contributed by atoms with Gasteiger partial charge in [0.15, 0.2) is 6.61 Å². The minimum atomic E-state index is -4.48. The van der Waals surface area contributed by atoms with Gasteiger partial charge in [-0.15, -0.1) is 10.2 Å². The second-order valence-corrected chi connectivity index (χ2v) is 9.25. The van der Waals surface area contributed by atoms with Crippen molar-refractivity contribution < 1.29 is 22.6 Å². The summed E-state index contributed by atoms with van der Waals surface area (Å²) in [4.78, 5) is 8.63. The van der Waals surface area contributed by atoms with Gasteiger partial charge in [0, 0.05) is 18.0 Å². The molecule has 0 radical (unpaired) electrons. The van der Waals surface area contributed by atoms with Gasteiger partial charge in [-0.25, -0.2) is 14.6 Å². The van der Waals surface area contributed by atoms with Crippen LogP contribution in [0.1, 0.15) is 32.2 Å². The van der Waals surface area contributed by atoms with E-state index in [1.54, 1.807) is 46.2 Å². The van der Waals surface area contributed by atoms with E-state index in [1.807, 2.05) is 6.92 Å². The molecular formula is C23H23ClF3N9O2. The molecule has 4 aromatic rings. The molecule has 1 aliphatic carbocycles. The summed E-state index contributed by atoms with van der Waals surface area (Å²) >= 11 is 6.33. The van der Waals surface area contributed by atoms with Gasteiger partial charge in [0.2, 0.25) is 5.95 Å². The summed E-state index contributed by atoms with van der Waals surface area (Å²) in [5.41, 5.74) is 1.70. The first-order valence-electron chi connectivity index (χ1n) is 11.8. The van der Waals surface area contributed by atoms with Crippen molar-refractivity contribution in [1.82, 2.24) is 40.0 Å². The smallest absolute Gasteiger partial charge is 0.422 e. The first-order valence-corrected chi connectivity index (χ1v) is 12.2. The largest absolute Gasteiger partial charge is 0.487 e. The Morgan fingerprint density at radius 1 is 1.18 bits per heavy atom. The number of aromatic nitrogens is 8. The lowest BCUT2D eigenvalue weighted by Gasteiger charge is -2.25. The Kier molecular flexibility index (Phi) is 7.31. The van der Waals surface area contributed by atoms with Crippen molar-refractivity contribution in [3.05, 3.63) is 48.1 Å². The molecule has 1 N–H and O–H groups in total. The van der Waals surface area contributed by atoms with Crippen LogP contribution in [0.2, 0.25) is 5.02 Å². The van der Waals surface area contributed by atoms with Crippen LogP contribution in [-0.2, 0) is 6.54 Å². The van der Waals surface area contributed by atoms with E-state index in [2.05, 4.69) is 35.9 Å². The summed E-state index contributed by atoms with van der Waals surface area (Å²) in [7, 11) is 0. The van der Waals surface area contributed by atoms with Crippen molar-refractivity contribution >= 4 is 23.2 Å². The number of halogens is 4. The van der Waals surface area contributed by atoms with Gasteiger partial charge in [0.25, 0.3) is 5.88 Å². The van der Waals surface area contributed by atoms with E-state index in [9.17, 15) is 13.2 Å². The number of tetrazole rings is 1. The Bertz CT molecular complexity index is 1360. The fourth-order valence-electron chi connectivity index (χ4n) is 3.77. The zero-order valence-corrected chi connectivity index (χ0v) is 20.9. The molecule has 3 aromatic heterocycles.